The molecule has 0 aliphatic heterocycles. The first-order chi connectivity index (χ1) is 8.62. The van der Waals surface area contributed by atoms with Crippen LogP contribution in [0.5, 0.6) is 0 Å². The van der Waals surface area contributed by atoms with Crippen molar-refractivity contribution in [3.63, 3.8) is 0 Å². The summed E-state index contributed by atoms with van der Waals surface area (Å²) in [7, 11) is 0. The lowest BCUT2D eigenvalue weighted by Gasteiger charge is -2.12. The average molecular weight is 340 g/mol. The summed E-state index contributed by atoms with van der Waals surface area (Å²) in [6.07, 6.45) is -4.58. The molecule has 0 aliphatic rings. The fourth-order valence-corrected chi connectivity index (χ4v) is 1.64. The average Bonchev–Trinajstić information content (AvgIpc) is 2.27. The highest BCUT2D eigenvalue weighted by molar-refractivity contribution is 9.10. The van der Waals surface area contributed by atoms with Crippen LogP contribution < -0.4 is 5.32 Å². The number of aliphatic carboxylic acids is 1. The largest absolute Gasteiger partial charge is 0.480 e. The van der Waals surface area contributed by atoms with E-state index in [-0.39, 0.29) is 10.0 Å². The number of benzene rings is 1. The molecular formula is C11H9BrF3NO3. The SMILES string of the molecule is CC(NC(=O)c1cc(C(F)(F)F)ccc1Br)C(=O)O. The van der Waals surface area contributed by atoms with Gasteiger partial charge < -0.3 is 10.4 Å². The number of amides is 1. The van der Waals surface area contributed by atoms with Gasteiger partial charge >= 0.3 is 12.1 Å². The molecule has 0 fully saturated rings. The number of hydrogen-bond acceptors (Lipinski definition) is 2. The van der Waals surface area contributed by atoms with E-state index in [0.717, 1.165) is 12.1 Å². The van der Waals surface area contributed by atoms with Gasteiger partial charge in [0.2, 0.25) is 0 Å². The number of hydrogen-bond donors (Lipinski definition) is 2. The normalized spacial score (nSPS) is 12.9. The zero-order valence-corrected chi connectivity index (χ0v) is 11.2. The number of carboxylic acids is 1. The summed E-state index contributed by atoms with van der Waals surface area (Å²) in [6, 6.07) is 1.37. The van der Waals surface area contributed by atoms with Gasteiger partial charge in [-0.25, -0.2) is 0 Å². The monoisotopic (exact) mass is 339 g/mol. The Morgan fingerprint density at radius 1 is 1.37 bits per heavy atom. The summed E-state index contributed by atoms with van der Waals surface area (Å²) in [4.78, 5) is 22.3. The molecule has 0 saturated carbocycles. The number of alkyl halides is 3. The van der Waals surface area contributed by atoms with Crippen LogP contribution in [0.2, 0.25) is 0 Å². The lowest BCUT2D eigenvalue weighted by molar-refractivity contribution is -0.139. The van der Waals surface area contributed by atoms with Gasteiger partial charge in [-0.2, -0.15) is 13.2 Å². The number of rotatable bonds is 3. The lowest BCUT2D eigenvalue weighted by atomic mass is 10.1. The van der Waals surface area contributed by atoms with Gasteiger partial charge in [0, 0.05) is 4.47 Å². The Kier molecular flexibility index (Phi) is 4.56. The molecule has 1 unspecified atom stereocenters. The number of carboxylic acid groups (broad SMARTS) is 1. The molecule has 2 N–H and O–H groups in total. The molecule has 4 nitrogen and oxygen atoms in total. The van der Waals surface area contributed by atoms with Crippen molar-refractivity contribution in [2.75, 3.05) is 0 Å². The molecular weight excluding hydrogens is 331 g/mol. The Hall–Kier alpha value is -1.57. The van der Waals surface area contributed by atoms with Crippen molar-refractivity contribution in [1.29, 1.82) is 0 Å². The minimum atomic E-state index is -4.58. The van der Waals surface area contributed by atoms with E-state index in [2.05, 4.69) is 21.2 Å². The van der Waals surface area contributed by atoms with Gasteiger partial charge in [-0.05, 0) is 41.1 Å². The quantitative estimate of drug-likeness (QED) is 0.889. The molecule has 1 atom stereocenters. The van der Waals surface area contributed by atoms with E-state index in [4.69, 9.17) is 5.11 Å². The van der Waals surface area contributed by atoms with Crippen molar-refractivity contribution < 1.29 is 27.9 Å². The third-order valence-corrected chi connectivity index (χ3v) is 2.95. The fraction of sp³-hybridized carbons (Fsp3) is 0.273. The van der Waals surface area contributed by atoms with Crippen molar-refractivity contribution in [1.82, 2.24) is 5.32 Å². The first-order valence-electron chi connectivity index (χ1n) is 5.03. The third kappa shape index (κ3) is 3.95. The van der Waals surface area contributed by atoms with Crippen LogP contribution in [-0.4, -0.2) is 23.0 Å². The molecule has 0 saturated heterocycles. The van der Waals surface area contributed by atoms with E-state index >= 15 is 0 Å². The van der Waals surface area contributed by atoms with Gasteiger partial charge in [-0.1, -0.05) is 0 Å². The molecule has 19 heavy (non-hydrogen) atoms. The highest BCUT2D eigenvalue weighted by atomic mass is 79.9. The van der Waals surface area contributed by atoms with Gasteiger partial charge in [0.15, 0.2) is 0 Å². The predicted molar refractivity (Wildman–Crippen MR) is 63.7 cm³/mol. The number of nitrogens with one attached hydrogen (secondary N) is 1. The van der Waals surface area contributed by atoms with Crippen molar-refractivity contribution in [2.45, 2.75) is 19.1 Å². The summed E-state index contributed by atoms with van der Waals surface area (Å²) in [5.41, 5.74) is -1.26. The Morgan fingerprint density at radius 3 is 2.42 bits per heavy atom. The van der Waals surface area contributed by atoms with E-state index in [1.54, 1.807) is 0 Å². The smallest absolute Gasteiger partial charge is 0.416 e. The van der Waals surface area contributed by atoms with E-state index in [1.165, 1.54) is 6.92 Å². The van der Waals surface area contributed by atoms with Gasteiger partial charge in [-0.15, -0.1) is 0 Å². The standard InChI is InChI=1S/C11H9BrF3NO3/c1-5(10(18)19)16-9(17)7-4-6(11(13,14)15)2-3-8(7)12/h2-5H,1H3,(H,16,17)(H,18,19). The van der Waals surface area contributed by atoms with E-state index < -0.39 is 29.7 Å². The van der Waals surface area contributed by atoms with Crippen molar-refractivity contribution in [2.24, 2.45) is 0 Å². The molecule has 104 valence electrons. The second-order valence-corrected chi connectivity index (χ2v) is 4.58. The number of carbonyl (C=O) groups is 2. The van der Waals surface area contributed by atoms with Gasteiger partial charge in [0.1, 0.15) is 6.04 Å². The summed E-state index contributed by atoms with van der Waals surface area (Å²) in [5, 5.41) is 10.7. The third-order valence-electron chi connectivity index (χ3n) is 2.26. The molecule has 1 amide bonds. The van der Waals surface area contributed by atoms with Crippen LogP contribution in [0.25, 0.3) is 0 Å². The maximum atomic E-state index is 12.5. The van der Waals surface area contributed by atoms with Crippen LogP contribution in [0.1, 0.15) is 22.8 Å². The Balaban J connectivity index is 3.06. The Bertz CT molecular complexity index is 516. The van der Waals surface area contributed by atoms with Crippen LogP contribution >= 0.6 is 15.9 Å². The van der Waals surface area contributed by atoms with Gasteiger partial charge in [0.05, 0.1) is 11.1 Å². The van der Waals surface area contributed by atoms with Crippen molar-refractivity contribution in [3.8, 4) is 0 Å². The van der Waals surface area contributed by atoms with Crippen LogP contribution in [0.3, 0.4) is 0 Å². The first-order valence-corrected chi connectivity index (χ1v) is 5.82. The summed E-state index contributed by atoms with van der Waals surface area (Å²) < 4.78 is 37.7. The van der Waals surface area contributed by atoms with Crippen LogP contribution in [0, 0.1) is 0 Å². The Morgan fingerprint density at radius 2 is 1.95 bits per heavy atom. The van der Waals surface area contributed by atoms with E-state index in [9.17, 15) is 22.8 Å². The van der Waals surface area contributed by atoms with Crippen molar-refractivity contribution in [3.05, 3.63) is 33.8 Å². The summed E-state index contributed by atoms with van der Waals surface area (Å²) in [6.45, 7) is 1.21. The number of halogens is 4. The molecule has 0 aliphatic carbocycles. The zero-order valence-electron chi connectivity index (χ0n) is 9.58. The summed E-state index contributed by atoms with van der Waals surface area (Å²) in [5.74, 6) is -2.18. The molecule has 0 heterocycles. The van der Waals surface area contributed by atoms with Crippen LogP contribution in [0.15, 0.2) is 22.7 Å². The van der Waals surface area contributed by atoms with E-state index in [0.29, 0.717) is 6.07 Å². The predicted octanol–water partition coefficient (Wildman–Crippen LogP) is 2.67. The zero-order chi connectivity index (χ0) is 14.8. The lowest BCUT2D eigenvalue weighted by Crippen LogP contribution is -2.38. The maximum Gasteiger partial charge on any atom is 0.416 e. The molecule has 1 aromatic carbocycles. The molecule has 8 heteroatoms. The van der Waals surface area contributed by atoms with Crippen LogP contribution in [-0.2, 0) is 11.0 Å². The first kappa shape index (κ1) is 15.5. The van der Waals surface area contributed by atoms with Gasteiger partial charge in [-0.3, -0.25) is 9.59 Å². The van der Waals surface area contributed by atoms with Gasteiger partial charge in [0.25, 0.3) is 5.91 Å². The Labute approximate surface area is 114 Å². The molecule has 0 aromatic heterocycles. The minimum absolute atomic E-state index is 0.149. The molecule has 0 bridgehead atoms. The second kappa shape index (κ2) is 5.60. The number of carbonyl (C=O) groups excluding carboxylic acids is 1. The maximum absolute atomic E-state index is 12.5. The molecule has 1 aromatic rings. The molecule has 1 rings (SSSR count). The highest BCUT2D eigenvalue weighted by Gasteiger charge is 2.31. The van der Waals surface area contributed by atoms with E-state index in [1.807, 2.05) is 0 Å². The van der Waals surface area contributed by atoms with Crippen molar-refractivity contribution >= 4 is 27.8 Å². The second-order valence-electron chi connectivity index (χ2n) is 3.73. The summed E-state index contributed by atoms with van der Waals surface area (Å²) >= 11 is 2.95. The molecule has 0 radical (unpaired) electrons. The fourth-order valence-electron chi connectivity index (χ4n) is 1.21. The minimum Gasteiger partial charge on any atom is -0.480 e. The highest BCUT2D eigenvalue weighted by Crippen LogP contribution is 2.31. The van der Waals surface area contributed by atoms with Crippen LogP contribution in [0.4, 0.5) is 13.2 Å². The topological polar surface area (TPSA) is 66.4 Å². The molecule has 0 spiro atoms.